The quantitative estimate of drug-likeness (QED) is 0.692. The Morgan fingerprint density at radius 2 is 2.00 bits per heavy atom. The number of fused-ring (bicyclic) bond motifs is 3. The molecule has 0 aliphatic carbocycles. The van der Waals surface area contributed by atoms with Gasteiger partial charge in [-0.1, -0.05) is 0 Å². The Hall–Kier alpha value is -3.21. The van der Waals surface area contributed by atoms with Crippen LogP contribution in [-0.4, -0.2) is 49.7 Å². The van der Waals surface area contributed by atoms with Crippen molar-refractivity contribution in [3.05, 3.63) is 42.7 Å². The molecule has 8 heteroatoms. The first-order valence-corrected chi connectivity index (χ1v) is 7.87. The predicted molar refractivity (Wildman–Crippen MR) is 86.6 cm³/mol. The second kappa shape index (κ2) is 4.89. The average Bonchev–Trinajstić information content (AvgIpc) is 3.36. The van der Waals surface area contributed by atoms with Gasteiger partial charge in [-0.05, 0) is 18.6 Å². The van der Waals surface area contributed by atoms with E-state index in [9.17, 15) is 0 Å². The zero-order valence-electron chi connectivity index (χ0n) is 12.8. The van der Waals surface area contributed by atoms with Crippen molar-refractivity contribution >= 4 is 17.2 Å². The summed E-state index contributed by atoms with van der Waals surface area (Å²) in [5.74, 6) is 0.903. The number of nitriles is 1. The maximum atomic E-state index is 8.88. The van der Waals surface area contributed by atoms with Crippen LogP contribution in [0.4, 0.5) is 11.5 Å². The van der Waals surface area contributed by atoms with Crippen molar-refractivity contribution in [2.45, 2.75) is 18.5 Å². The molecule has 0 saturated carbocycles. The molecule has 2 saturated heterocycles. The topological polar surface area (TPSA) is 86.2 Å². The Morgan fingerprint density at radius 3 is 2.75 bits per heavy atom. The smallest absolute Gasteiger partial charge is 0.203 e. The van der Waals surface area contributed by atoms with Crippen LogP contribution in [0.2, 0.25) is 0 Å². The fourth-order valence-corrected chi connectivity index (χ4v) is 3.81. The SMILES string of the molecule is N#Cc1ccc(N2CC3CC2CN3c2nccn3cnnc23)cn1. The molecule has 2 fully saturated rings. The summed E-state index contributed by atoms with van der Waals surface area (Å²) in [6.07, 6.45) is 8.24. The van der Waals surface area contributed by atoms with Crippen LogP contribution in [-0.2, 0) is 0 Å². The van der Waals surface area contributed by atoms with Crippen molar-refractivity contribution in [2.75, 3.05) is 22.9 Å². The molecule has 0 amide bonds. The number of hydrogen-bond acceptors (Lipinski definition) is 7. The number of piperazine rings is 1. The van der Waals surface area contributed by atoms with Gasteiger partial charge >= 0.3 is 0 Å². The molecule has 3 aromatic heterocycles. The molecule has 0 N–H and O–H groups in total. The minimum Gasteiger partial charge on any atom is -0.363 e. The minimum absolute atomic E-state index is 0.404. The Labute approximate surface area is 138 Å². The number of aromatic nitrogens is 5. The Balaban J connectivity index is 1.42. The molecule has 0 radical (unpaired) electrons. The van der Waals surface area contributed by atoms with Gasteiger partial charge in [0.1, 0.15) is 18.1 Å². The second-order valence-electron chi connectivity index (χ2n) is 6.17. The van der Waals surface area contributed by atoms with Gasteiger partial charge in [0.05, 0.1) is 17.9 Å². The van der Waals surface area contributed by atoms with E-state index in [-0.39, 0.29) is 0 Å². The van der Waals surface area contributed by atoms with Gasteiger partial charge in [0.15, 0.2) is 5.82 Å². The molecular weight excluding hydrogens is 304 g/mol. The van der Waals surface area contributed by atoms with Gasteiger partial charge in [0.25, 0.3) is 0 Å². The molecule has 24 heavy (non-hydrogen) atoms. The minimum atomic E-state index is 0.404. The van der Waals surface area contributed by atoms with Crippen molar-refractivity contribution in [2.24, 2.45) is 0 Å². The second-order valence-corrected chi connectivity index (χ2v) is 6.17. The molecule has 0 aromatic carbocycles. The molecule has 3 aromatic rings. The highest BCUT2D eigenvalue weighted by atomic mass is 15.4. The lowest BCUT2D eigenvalue weighted by atomic mass is 10.2. The number of nitrogens with zero attached hydrogens (tertiary/aromatic N) is 8. The van der Waals surface area contributed by atoms with Gasteiger partial charge < -0.3 is 9.80 Å². The van der Waals surface area contributed by atoms with Crippen LogP contribution in [0, 0.1) is 11.3 Å². The Morgan fingerprint density at radius 1 is 1.12 bits per heavy atom. The zero-order valence-corrected chi connectivity index (χ0v) is 12.8. The molecule has 5 rings (SSSR count). The van der Waals surface area contributed by atoms with Crippen molar-refractivity contribution in [3.63, 3.8) is 0 Å². The van der Waals surface area contributed by atoms with E-state index in [0.717, 1.165) is 36.7 Å². The normalized spacial score (nSPS) is 22.3. The molecule has 2 bridgehead atoms. The van der Waals surface area contributed by atoms with Crippen LogP contribution in [0.25, 0.3) is 5.65 Å². The third-order valence-corrected chi connectivity index (χ3v) is 4.90. The van der Waals surface area contributed by atoms with Crippen molar-refractivity contribution in [3.8, 4) is 6.07 Å². The molecule has 8 nitrogen and oxygen atoms in total. The lowest BCUT2D eigenvalue weighted by Crippen LogP contribution is -2.47. The standard InChI is InChI=1S/C16H14N8/c17-6-11-1-2-12(7-19-11)23-8-14-5-13(23)9-24(14)15-16-21-20-10-22(16)4-3-18-15/h1-4,7,10,13-14H,5,8-9H2. The summed E-state index contributed by atoms with van der Waals surface area (Å²) < 4.78 is 1.90. The van der Waals surface area contributed by atoms with Crippen LogP contribution in [0.1, 0.15) is 12.1 Å². The third kappa shape index (κ3) is 1.84. The average molecular weight is 318 g/mol. The molecule has 2 unspecified atom stereocenters. The fraction of sp³-hybridized carbons (Fsp3) is 0.312. The van der Waals surface area contributed by atoms with Crippen molar-refractivity contribution in [1.82, 2.24) is 24.6 Å². The van der Waals surface area contributed by atoms with Gasteiger partial charge in [0.2, 0.25) is 5.65 Å². The molecular formula is C16H14N8. The highest BCUT2D eigenvalue weighted by Gasteiger charge is 2.44. The highest BCUT2D eigenvalue weighted by molar-refractivity contribution is 5.66. The fourth-order valence-electron chi connectivity index (χ4n) is 3.81. The first-order chi connectivity index (χ1) is 11.8. The lowest BCUT2D eigenvalue weighted by molar-refractivity contribution is 0.640. The number of anilines is 2. The van der Waals surface area contributed by atoms with E-state index >= 15 is 0 Å². The molecule has 2 atom stereocenters. The van der Waals surface area contributed by atoms with Crippen molar-refractivity contribution < 1.29 is 0 Å². The van der Waals surface area contributed by atoms with E-state index in [0.29, 0.717) is 17.8 Å². The summed E-state index contributed by atoms with van der Waals surface area (Å²) in [5.41, 5.74) is 2.33. The van der Waals surface area contributed by atoms with E-state index in [1.807, 2.05) is 16.7 Å². The highest BCUT2D eigenvalue weighted by Crippen LogP contribution is 2.37. The lowest BCUT2D eigenvalue weighted by Gasteiger charge is -2.35. The number of pyridine rings is 1. The zero-order chi connectivity index (χ0) is 16.1. The summed E-state index contributed by atoms with van der Waals surface area (Å²) in [7, 11) is 0. The number of hydrogen-bond donors (Lipinski definition) is 0. The summed E-state index contributed by atoms with van der Waals surface area (Å²) in [6, 6.07) is 6.65. The monoisotopic (exact) mass is 318 g/mol. The maximum absolute atomic E-state index is 8.88. The molecule has 5 heterocycles. The molecule has 2 aliphatic heterocycles. The first kappa shape index (κ1) is 13.2. The van der Waals surface area contributed by atoms with Crippen LogP contribution in [0.5, 0.6) is 0 Å². The summed E-state index contributed by atoms with van der Waals surface area (Å²) in [5, 5.41) is 17.0. The third-order valence-electron chi connectivity index (χ3n) is 4.90. The van der Waals surface area contributed by atoms with Crippen LogP contribution in [0.3, 0.4) is 0 Å². The largest absolute Gasteiger partial charge is 0.363 e. The Kier molecular flexibility index (Phi) is 2.70. The van der Waals surface area contributed by atoms with E-state index < -0.39 is 0 Å². The van der Waals surface area contributed by atoms with Crippen molar-refractivity contribution in [1.29, 1.82) is 5.26 Å². The van der Waals surface area contributed by atoms with Crippen LogP contribution < -0.4 is 9.80 Å². The maximum Gasteiger partial charge on any atom is 0.203 e. The van der Waals surface area contributed by atoms with Gasteiger partial charge in [-0.25, -0.2) is 9.97 Å². The summed E-state index contributed by atoms with van der Waals surface area (Å²) in [4.78, 5) is 13.4. The Bertz CT molecular complexity index is 941. The van der Waals surface area contributed by atoms with Gasteiger partial charge in [0, 0.05) is 31.5 Å². The van der Waals surface area contributed by atoms with Gasteiger partial charge in [-0.15, -0.1) is 10.2 Å². The number of rotatable bonds is 2. The van der Waals surface area contributed by atoms with E-state index in [4.69, 9.17) is 5.26 Å². The molecule has 2 aliphatic rings. The summed E-state index contributed by atoms with van der Waals surface area (Å²) >= 11 is 0. The predicted octanol–water partition coefficient (Wildman–Crippen LogP) is 0.858. The van der Waals surface area contributed by atoms with E-state index in [1.54, 1.807) is 24.8 Å². The van der Waals surface area contributed by atoms with E-state index in [1.165, 1.54) is 0 Å². The van der Waals surface area contributed by atoms with Crippen LogP contribution in [0.15, 0.2) is 37.1 Å². The summed E-state index contributed by atoms with van der Waals surface area (Å²) in [6.45, 7) is 1.83. The molecule has 0 spiro atoms. The van der Waals surface area contributed by atoms with Gasteiger partial charge in [-0.3, -0.25) is 4.40 Å². The first-order valence-electron chi connectivity index (χ1n) is 7.87. The molecule has 118 valence electrons. The van der Waals surface area contributed by atoms with E-state index in [2.05, 4.69) is 36.0 Å². The van der Waals surface area contributed by atoms with Crippen LogP contribution >= 0.6 is 0 Å². The van der Waals surface area contributed by atoms with Gasteiger partial charge in [-0.2, -0.15) is 5.26 Å².